The Kier molecular flexibility index (Phi) is 5.64. The predicted octanol–water partition coefficient (Wildman–Crippen LogP) is 6.48. The van der Waals surface area contributed by atoms with Gasteiger partial charge in [-0.05, 0) is 91.5 Å². The van der Waals surface area contributed by atoms with Gasteiger partial charge in [-0.2, -0.15) is 0 Å². The lowest BCUT2D eigenvalue weighted by molar-refractivity contribution is -0.118. The lowest BCUT2D eigenvalue weighted by Gasteiger charge is -2.30. The molecule has 2 aliphatic rings. The van der Waals surface area contributed by atoms with Gasteiger partial charge >= 0.3 is 0 Å². The Morgan fingerprint density at radius 3 is 2.69 bits per heavy atom. The lowest BCUT2D eigenvalue weighted by atomic mass is 9.75. The highest BCUT2D eigenvalue weighted by molar-refractivity contribution is 6.30. The summed E-state index contributed by atoms with van der Waals surface area (Å²) in [6.07, 6.45) is 6.81. The summed E-state index contributed by atoms with van der Waals surface area (Å²) in [4.78, 5) is 17.2. The molecule has 2 fully saturated rings. The van der Waals surface area contributed by atoms with Crippen LogP contribution in [0, 0.1) is 17.2 Å². The molecule has 1 amide bonds. The van der Waals surface area contributed by atoms with Gasteiger partial charge < -0.3 is 10.1 Å². The first-order valence-corrected chi connectivity index (χ1v) is 11.5. The highest BCUT2D eigenvalue weighted by Crippen LogP contribution is 2.63. The normalized spacial score (nSPS) is 24.6. The summed E-state index contributed by atoms with van der Waals surface area (Å²) in [6, 6.07) is 12.7. The average molecular weight is 453 g/mol. The van der Waals surface area contributed by atoms with Crippen LogP contribution in [0.5, 0.6) is 0 Å². The molecule has 2 aliphatic carbocycles. The van der Waals surface area contributed by atoms with Crippen molar-refractivity contribution >= 4 is 34.1 Å². The van der Waals surface area contributed by atoms with E-state index in [0.717, 1.165) is 54.3 Å². The molecule has 1 atom stereocenters. The zero-order chi connectivity index (χ0) is 22.3. The van der Waals surface area contributed by atoms with Gasteiger partial charge in [-0.25, -0.2) is 4.39 Å². The van der Waals surface area contributed by atoms with Gasteiger partial charge in [-0.15, -0.1) is 0 Å². The number of methoxy groups -OCH3 is 1. The van der Waals surface area contributed by atoms with E-state index in [2.05, 4.69) is 10.3 Å². The predicted molar refractivity (Wildman–Crippen MR) is 124 cm³/mol. The minimum Gasteiger partial charge on any atom is -0.380 e. The summed E-state index contributed by atoms with van der Waals surface area (Å²) in [7, 11) is 1.56. The number of carbonyl (C=O) groups excluding carboxylic acids is 1. The standard InChI is InChI=1S/C26H26ClFN2O2/c1-32-15-17-12-24-21(13-23(17)28)20(8-11-29-24)16-6-9-26(10-7-16)14-22(26)25(31)30-19-4-2-18(27)3-5-19/h2-5,8,11-13,16,22H,6-7,9-10,14-15H2,1H3,(H,30,31). The van der Waals surface area contributed by atoms with Crippen LogP contribution in [-0.2, 0) is 16.1 Å². The molecule has 1 heterocycles. The number of pyridine rings is 1. The lowest BCUT2D eigenvalue weighted by Crippen LogP contribution is -2.22. The van der Waals surface area contributed by atoms with Crippen LogP contribution in [-0.4, -0.2) is 18.0 Å². The molecule has 0 bridgehead atoms. The molecule has 0 saturated heterocycles. The van der Waals surface area contributed by atoms with Crippen LogP contribution in [0.1, 0.15) is 49.1 Å². The SMILES string of the molecule is COCc1cc2nccc(C3CCC4(CC3)CC4C(=O)Nc3ccc(Cl)cc3)c2cc1F. The second kappa shape index (κ2) is 8.45. The van der Waals surface area contributed by atoms with Crippen LogP contribution in [0.25, 0.3) is 10.9 Å². The first-order valence-electron chi connectivity index (χ1n) is 11.1. The maximum Gasteiger partial charge on any atom is 0.228 e. The van der Waals surface area contributed by atoms with Crippen LogP contribution in [0.4, 0.5) is 10.1 Å². The van der Waals surface area contributed by atoms with Gasteiger partial charge in [0.2, 0.25) is 5.91 Å². The molecule has 4 nitrogen and oxygen atoms in total. The Morgan fingerprint density at radius 1 is 1.22 bits per heavy atom. The zero-order valence-corrected chi connectivity index (χ0v) is 18.8. The molecular formula is C26H26ClFN2O2. The number of ether oxygens (including phenoxy) is 1. The number of hydrogen-bond donors (Lipinski definition) is 1. The molecule has 166 valence electrons. The van der Waals surface area contributed by atoms with E-state index < -0.39 is 0 Å². The van der Waals surface area contributed by atoms with Gasteiger partial charge in [0.1, 0.15) is 5.82 Å². The number of anilines is 1. The van der Waals surface area contributed by atoms with Gasteiger partial charge in [0.05, 0.1) is 12.1 Å². The summed E-state index contributed by atoms with van der Waals surface area (Å²) >= 11 is 5.93. The summed E-state index contributed by atoms with van der Waals surface area (Å²) in [6.45, 7) is 0.235. The molecule has 6 heteroatoms. The molecule has 1 N–H and O–H groups in total. The van der Waals surface area contributed by atoms with E-state index in [9.17, 15) is 9.18 Å². The van der Waals surface area contributed by atoms with Crippen LogP contribution >= 0.6 is 11.6 Å². The highest BCUT2D eigenvalue weighted by atomic mass is 35.5. The van der Waals surface area contributed by atoms with Gasteiger partial charge in [0.25, 0.3) is 0 Å². The van der Waals surface area contributed by atoms with Crippen molar-refractivity contribution < 1.29 is 13.9 Å². The van der Waals surface area contributed by atoms with E-state index in [1.165, 1.54) is 0 Å². The summed E-state index contributed by atoms with van der Waals surface area (Å²) < 4.78 is 19.7. The molecule has 1 unspecified atom stereocenters. The maximum absolute atomic E-state index is 14.6. The first kappa shape index (κ1) is 21.4. The van der Waals surface area contributed by atoms with Crippen molar-refractivity contribution in [3.05, 3.63) is 70.6 Å². The molecule has 0 radical (unpaired) electrons. The third kappa shape index (κ3) is 4.00. The van der Waals surface area contributed by atoms with E-state index in [1.54, 1.807) is 31.4 Å². The van der Waals surface area contributed by atoms with E-state index in [4.69, 9.17) is 16.3 Å². The molecule has 2 aromatic carbocycles. The molecule has 5 rings (SSSR count). The van der Waals surface area contributed by atoms with E-state index in [0.29, 0.717) is 16.5 Å². The van der Waals surface area contributed by atoms with Gasteiger partial charge in [0.15, 0.2) is 0 Å². The smallest absolute Gasteiger partial charge is 0.228 e. The van der Waals surface area contributed by atoms with Crippen molar-refractivity contribution in [3.8, 4) is 0 Å². The van der Waals surface area contributed by atoms with Crippen molar-refractivity contribution in [3.63, 3.8) is 0 Å². The van der Waals surface area contributed by atoms with Crippen LogP contribution in [0.2, 0.25) is 5.02 Å². The second-order valence-electron chi connectivity index (χ2n) is 9.18. The van der Waals surface area contributed by atoms with E-state index in [-0.39, 0.29) is 29.7 Å². The Morgan fingerprint density at radius 2 is 1.97 bits per heavy atom. The fourth-order valence-electron chi connectivity index (χ4n) is 5.39. The third-order valence-corrected chi connectivity index (χ3v) is 7.53. The number of benzene rings is 2. The monoisotopic (exact) mass is 452 g/mol. The van der Waals surface area contributed by atoms with Gasteiger partial charge in [0, 0.05) is 40.9 Å². The number of carbonyl (C=O) groups is 1. The number of nitrogens with one attached hydrogen (secondary N) is 1. The summed E-state index contributed by atoms with van der Waals surface area (Å²) in [5.41, 5.74) is 3.40. The molecule has 2 saturated carbocycles. The van der Waals surface area contributed by atoms with Crippen LogP contribution < -0.4 is 5.32 Å². The fourth-order valence-corrected chi connectivity index (χ4v) is 5.52. The molecule has 1 spiro atoms. The number of rotatable bonds is 5. The first-order chi connectivity index (χ1) is 15.5. The Hall–Kier alpha value is -2.50. The largest absolute Gasteiger partial charge is 0.380 e. The average Bonchev–Trinajstić information content (AvgIpc) is 3.50. The van der Waals surface area contributed by atoms with Crippen molar-refractivity contribution in [2.45, 2.75) is 44.6 Å². The Balaban J connectivity index is 1.27. The van der Waals surface area contributed by atoms with Crippen molar-refractivity contribution in [2.24, 2.45) is 11.3 Å². The van der Waals surface area contributed by atoms with Gasteiger partial charge in [-0.1, -0.05) is 11.6 Å². The zero-order valence-electron chi connectivity index (χ0n) is 18.0. The molecule has 1 aromatic heterocycles. The highest BCUT2D eigenvalue weighted by Gasteiger charge is 2.58. The second-order valence-corrected chi connectivity index (χ2v) is 9.62. The fraction of sp³-hybridized carbons (Fsp3) is 0.385. The number of amides is 1. The Bertz CT molecular complexity index is 1160. The summed E-state index contributed by atoms with van der Waals surface area (Å²) in [5, 5.41) is 4.58. The minimum atomic E-state index is -0.248. The molecule has 0 aliphatic heterocycles. The molecule has 32 heavy (non-hydrogen) atoms. The number of nitrogens with zero attached hydrogens (tertiary/aromatic N) is 1. The maximum atomic E-state index is 14.6. The van der Waals surface area contributed by atoms with Crippen molar-refractivity contribution in [1.29, 1.82) is 0 Å². The Labute approximate surface area is 192 Å². The van der Waals surface area contributed by atoms with Crippen molar-refractivity contribution in [2.75, 3.05) is 12.4 Å². The number of hydrogen-bond acceptors (Lipinski definition) is 3. The summed E-state index contributed by atoms with van der Waals surface area (Å²) in [5.74, 6) is 0.289. The molecular weight excluding hydrogens is 427 g/mol. The van der Waals surface area contributed by atoms with Crippen LogP contribution in [0.3, 0.4) is 0 Å². The van der Waals surface area contributed by atoms with Gasteiger partial charge in [-0.3, -0.25) is 9.78 Å². The third-order valence-electron chi connectivity index (χ3n) is 7.28. The topological polar surface area (TPSA) is 51.2 Å². The van der Waals surface area contributed by atoms with E-state index >= 15 is 0 Å². The van der Waals surface area contributed by atoms with E-state index in [1.807, 2.05) is 24.4 Å². The number of halogens is 2. The van der Waals surface area contributed by atoms with Crippen molar-refractivity contribution in [1.82, 2.24) is 4.98 Å². The molecule has 3 aromatic rings. The van der Waals surface area contributed by atoms with Crippen LogP contribution in [0.15, 0.2) is 48.7 Å². The number of aromatic nitrogens is 1. The number of fused-ring (bicyclic) bond motifs is 1. The minimum absolute atomic E-state index is 0.0716. The quantitative estimate of drug-likeness (QED) is 0.482.